The summed E-state index contributed by atoms with van der Waals surface area (Å²) < 4.78 is 15.7. The fourth-order valence-corrected chi connectivity index (χ4v) is 3.95. The number of aromatic nitrogens is 2. The van der Waals surface area contributed by atoms with Crippen molar-refractivity contribution in [3.05, 3.63) is 94.7 Å². The number of nitrogens with zero attached hydrogens (tertiary/aromatic N) is 3. The van der Waals surface area contributed by atoms with Crippen molar-refractivity contribution < 1.29 is 4.39 Å². The van der Waals surface area contributed by atoms with E-state index in [2.05, 4.69) is 60.6 Å². The van der Waals surface area contributed by atoms with Gasteiger partial charge in [0.15, 0.2) is 0 Å². The van der Waals surface area contributed by atoms with Crippen LogP contribution in [0.3, 0.4) is 0 Å². The van der Waals surface area contributed by atoms with Gasteiger partial charge in [0.2, 0.25) is 0 Å². The fourth-order valence-electron chi connectivity index (χ4n) is 3.95. The molecule has 0 saturated heterocycles. The van der Waals surface area contributed by atoms with Crippen molar-refractivity contribution in [2.75, 3.05) is 11.9 Å². The van der Waals surface area contributed by atoms with E-state index < -0.39 is 0 Å². The molecule has 156 valence electrons. The van der Waals surface area contributed by atoms with Crippen molar-refractivity contribution >= 4 is 29.0 Å². The lowest BCUT2D eigenvalue weighted by Crippen LogP contribution is -2.18. The van der Waals surface area contributed by atoms with Crippen LogP contribution >= 0.6 is 12.4 Å². The third-order valence-electron chi connectivity index (χ3n) is 5.87. The molecule has 3 nitrogen and oxygen atoms in total. The van der Waals surface area contributed by atoms with E-state index in [1.807, 2.05) is 13.2 Å². The Morgan fingerprint density at radius 1 is 0.967 bits per heavy atom. The highest BCUT2D eigenvalue weighted by Gasteiger charge is 2.17. The molecule has 0 unspecified atom stereocenters. The van der Waals surface area contributed by atoms with E-state index in [0.29, 0.717) is 6.54 Å². The molecule has 0 N–H and O–H groups in total. The van der Waals surface area contributed by atoms with E-state index in [1.54, 1.807) is 12.1 Å². The van der Waals surface area contributed by atoms with Crippen molar-refractivity contribution in [2.24, 2.45) is 0 Å². The van der Waals surface area contributed by atoms with Gasteiger partial charge in [-0.3, -0.25) is 4.98 Å². The maximum atomic E-state index is 13.3. The lowest BCUT2D eigenvalue weighted by atomic mass is 10.1. The van der Waals surface area contributed by atoms with Gasteiger partial charge in [-0.05, 0) is 67.8 Å². The van der Waals surface area contributed by atoms with E-state index in [-0.39, 0.29) is 18.2 Å². The first-order valence-corrected chi connectivity index (χ1v) is 9.90. The lowest BCUT2D eigenvalue weighted by molar-refractivity contribution is 0.627. The van der Waals surface area contributed by atoms with Crippen LogP contribution in [-0.2, 0) is 13.1 Å². The van der Waals surface area contributed by atoms with Gasteiger partial charge in [-0.15, -0.1) is 12.4 Å². The first-order chi connectivity index (χ1) is 14.0. The summed E-state index contributed by atoms with van der Waals surface area (Å²) in [5, 5.41) is 1.24. The molecule has 0 bridgehead atoms. The van der Waals surface area contributed by atoms with Crippen LogP contribution in [0.5, 0.6) is 0 Å². The Balaban J connectivity index is 0.00000256. The Labute approximate surface area is 183 Å². The summed E-state index contributed by atoms with van der Waals surface area (Å²) in [4.78, 5) is 6.84. The summed E-state index contributed by atoms with van der Waals surface area (Å²) in [7, 11) is 2.02. The molecule has 0 fully saturated rings. The molecular formula is C25H27ClFN3. The first kappa shape index (κ1) is 21.8. The zero-order chi connectivity index (χ0) is 20.5. The number of rotatable bonds is 5. The molecule has 0 spiro atoms. The molecule has 0 aliphatic heterocycles. The first-order valence-electron chi connectivity index (χ1n) is 9.90. The highest BCUT2D eigenvalue weighted by atomic mass is 35.5. The average Bonchev–Trinajstić information content (AvgIpc) is 2.96. The van der Waals surface area contributed by atoms with Crippen LogP contribution in [0.4, 0.5) is 10.1 Å². The Kier molecular flexibility index (Phi) is 6.47. The molecule has 0 radical (unpaired) electrons. The standard InChI is InChI=1S/C25H26FN3.ClH/c1-17-7-5-6-8-20(17)15-29-19(3)18(2)23-13-14-27-24(25(23)29)16-28(4)22-11-9-21(26)10-12-22;/h5-14H,15-16H2,1-4H3;1H. The Hall–Kier alpha value is -2.85. The monoisotopic (exact) mass is 423 g/mol. The smallest absolute Gasteiger partial charge is 0.123 e. The molecule has 2 aromatic heterocycles. The number of pyridine rings is 1. The predicted molar refractivity (Wildman–Crippen MR) is 125 cm³/mol. The Morgan fingerprint density at radius 3 is 2.37 bits per heavy atom. The van der Waals surface area contributed by atoms with E-state index in [9.17, 15) is 4.39 Å². The van der Waals surface area contributed by atoms with Crippen LogP contribution < -0.4 is 4.90 Å². The second-order valence-electron chi connectivity index (χ2n) is 7.71. The van der Waals surface area contributed by atoms with E-state index in [4.69, 9.17) is 4.98 Å². The van der Waals surface area contributed by atoms with Crippen molar-refractivity contribution in [3.8, 4) is 0 Å². The van der Waals surface area contributed by atoms with Crippen molar-refractivity contribution in [2.45, 2.75) is 33.9 Å². The molecule has 30 heavy (non-hydrogen) atoms. The largest absolute Gasteiger partial charge is 0.369 e. The third kappa shape index (κ3) is 4.05. The van der Waals surface area contributed by atoms with Gasteiger partial charge in [0.1, 0.15) is 5.82 Å². The van der Waals surface area contributed by atoms with Crippen LogP contribution in [0.2, 0.25) is 0 Å². The minimum Gasteiger partial charge on any atom is -0.369 e. The Bertz CT molecular complexity index is 1170. The highest BCUT2D eigenvalue weighted by Crippen LogP contribution is 2.29. The molecule has 5 heteroatoms. The normalized spacial score (nSPS) is 10.8. The minimum absolute atomic E-state index is 0. The molecule has 4 rings (SSSR count). The van der Waals surface area contributed by atoms with Gasteiger partial charge in [-0.2, -0.15) is 0 Å². The third-order valence-corrected chi connectivity index (χ3v) is 5.87. The van der Waals surface area contributed by atoms with Gasteiger partial charge in [-0.1, -0.05) is 24.3 Å². The molecule has 0 atom stereocenters. The molecule has 0 amide bonds. The van der Waals surface area contributed by atoms with Gasteiger partial charge < -0.3 is 9.47 Å². The van der Waals surface area contributed by atoms with Crippen LogP contribution in [0.1, 0.15) is 28.1 Å². The van der Waals surface area contributed by atoms with Gasteiger partial charge in [0.25, 0.3) is 0 Å². The topological polar surface area (TPSA) is 21.1 Å². The zero-order valence-electron chi connectivity index (χ0n) is 17.8. The van der Waals surface area contributed by atoms with Crippen LogP contribution in [0, 0.1) is 26.6 Å². The SMILES string of the molecule is Cc1ccccc1Cn1c(C)c(C)c2ccnc(CN(C)c3ccc(F)cc3)c21.Cl. The highest BCUT2D eigenvalue weighted by molar-refractivity contribution is 5.87. The molecule has 2 heterocycles. The van der Waals surface area contributed by atoms with E-state index in [1.165, 1.54) is 45.4 Å². The lowest BCUT2D eigenvalue weighted by Gasteiger charge is -2.20. The number of halogens is 2. The zero-order valence-corrected chi connectivity index (χ0v) is 18.6. The maximum absolute atomic E-state index is 13.3. The second kappa shape index (κ2) is 8.88. The van der Waals surface area contributed by atoms with E-state index >= 15 is 0 Å². The number of hydrogen-bond donors (Lipinski definition) is 0. The molecule has 4 aromatic rings. The predicted octanol–water partition coefficient (Wildman–Crippen LogP) is 6.21. The quantitative estimate of drug-likeness (QED) is 0.380. The summed E-state index contributed by atoms with van der Waals surface area (Å²) >= 11 is 0. The van der Waals surface area contributed by atoms with Gasteiger partial charge >= 0.3 is 0 Å². The molecular weight excluding hydrogens is 397 g/mol. The van der Waals surface area contributed by atoms with Crippen molar-refractivity contribution in [3.63, 3.8) is 0 Å². The van der Waals surface area contributed by atoms with Crippen LogP contribution in [0.15, 0.2) is 60.8 Å². The van der Waals surface area contributed by atoms with Crippen LogP contribution in [0.25, 0.3) is 10.9 Å². The van der Waals surface area contributed by atoms with Gasteiger partial charge in [0, 0.05) is 36.6 Å². The number of anilines is 1. The summed E-state index contributed by atoms with van der Waals surface area (Å²) in [6.07, 6.45) is 1.89. The Morgan fingerprint density at radius 2 is 1.67 bits per heavy atom. The number of benzene rings is 2. The minimum atomic E-state index is -0.222. The maximum Gasteiger partial charge on any atom is 0.123 e. The summed E-state index contributed by atoms with van der Waals surface area (Å²) in [6.45, 7) is 7.99. The van der Waals surface area contributed by atoms with Crippen molar-refractivity contribution in [1.82, 2.24) is 9.55 Å². The van der Waals surface area contributed by atoms with E-state index in [0.717, 1.165) is 17.9 Å². The summed E-state index contributed by atoms with van der Waals surface area (Å²) in [5.41, 5.74) is 8.34. The molecule has 0 aliphatic carbocycles. The van der Waals surface area contributed by atoms with Gasteiger partial charge in [-0.25, -0.2) is 4.39 Å². The molecule has 0 aliphatic rings. The summed E-state index contributed by atoms with van der Waals surface area (Å²) in [5.74, 6) is -0.222. The molecule has 0 saturated carbocycles. The van der Waals surface area contributed by atoms with Gasteiger partial charge in [0.05, 0.1) is 17.8 Å². The number of hydrogen-bond acceptors (Lipinski definition) is 2. The van der Waals surface area contributed by atoms with Crippen molar-refractivity contribution in [1.29, 1.82) is 0 Å². The molecule has 2 aromatic carbocycles. The number of aryl methyl sites for hydroxylation is 2. The number of fused-ring (bicyclic) bond motifs is 1. The second-order valence-corrected chi connectivity index (χ2v) is 7.71. The average molecular weight is 424 g/mol. The summed E-state index contributed by atoms with van der Waals surface area (Å²) in [6, 6.07) is 17.2. The van der Waals surface area contributed by atoms with Crippen LogP contribution in [-0.4, -0.2) is 16.6 Å². The fraction of sp³-hybridized carbons (Fsp3) is 0.240.